The summed E-state index contributed by atoms with van der Waals surface area (Å²) in [5, 5.41) is 9.72. The Bertz CT molecular complexity index is 325. The predicted octanol–water partition coefficient (Wildman–Crippen LogP) is 3.31. The third-order valence-corrected chi connectivity index (χ3v) is 3.66. The number of pyridine rings is 1. The van der Waals surface area contributed by atoms with Crippen LogP contribution in [0.3, 0.4) is 0 Å². The molecule has 90 valence electrons. The summed E-state index contributed by atoms with van der Waals surface area (Å²) in [6.45, 7) is 8.39. The van der Waals surface area contributed by atoms with Gasteiger partial charge in [-0.3, -0.25) is 4.98 Å². The summed E-state index contributed by atoms with van der Waals surface area (Å²) >= 11 is 1.68. The molecule has 0 aliphatic carbocycles. The highest BCUT2D eigenvalue weighted by molar-refractivity contribution is 7.99. The van der Waals surface area contributed by atoms with E-state index in [1.165, 1.54) is 5.56 Å². The van der Waals surface area contributed by atoms with Gasteiger partial charge in [-0.05, 0) is 23.5 Å². The van der Waals surface area contributed by atoms with Crippen LogP contribution in [0, 0.1) is 5.92 Å². The van der Waals surface area contributed by atoms with Gasteiger partial charge in [-0.1, -0.05) is 27.7 Å². The molecule has 3 heteroatoms. The Balaban J connectivity index is 2.57. The lowest BCUT2D eigenvalue weighted by molar-refractivity contribution is 0.149. The standard InChI is InChI=1S/C13H21NOS/c1-9(2)11-5-12(7-14-6-11)16-8-13(15)10(3)4/h5-7,9-10,13,15H,8H2,1-4H3. The largest absolute Gasteiger partial charge is 0.392 e. The number of aromatic nitrogens is 1. The summed E-state index contributed by atoms with van der Waals surface area (Å²) in [5.41, 5.74) is 1.25. The Labute approximate surface area is 102 Å². The maximum atomic E-state index is 9.72. The van der Waals surface area contributed by atoms with Gasteiger partial charge in [-0.2, -0.15) is 0 Å². The summed E-state index contributed by atoms with van der Waals surface area (Å²) in [6.07, 6.45) is 3.53. The maximum absolute atomic E-state index is 9.72. The third kappa shape index (κ3) is 4.14. The van der Waals surface area contributed by atoms with Crippen molar-refractivity contribution < 1.29 is 5.11 Å². The first-order valence-corrected chi connectivity index (χ1v) is 6.75. The minimum absolute atomic E-state index is 0.243. The van der Waals surface area contributed by atoms with E-state index in [1.54, 1.807) is 11.8 Å². The van der Waals surface area contributed by atoms with Crippen LogP contribution in [0.15, 0.2) is 23.4 Å². The molecule has 0 saturated carbocycles. The van der Waals surface area contributed by atoms with E-state index in [0.717, 1.165) is 10.6 Å². The summed E-state index contributed by atoms with van der Waals surface area (Å²) in [7, 11) is 0. The topological polar surface area (TPSA) is 33.1 Å². The van der Waals surface area contributed by atoms with Gasteiger partial charge in [0.15, 0.2) is 0 Å². The third-order valence-electron chi connectivity index (χ3n) is 2.59. The van der Waals surface area contributed by atoms with Crippen LogP contribution in [0.4, 0.5) is 0 Å². The Morgan fingerprint density at radius 2 is 1.94 bits per heavy atom. The molecule has 1 atom stereocenters. The summed E-state index contributed by atoms with van der Waals surface area (Å²) in [5.74, 6) is 1.55. The van der Waals surface area contributed by atoms with Crippen LogP contribution in [-0.4, -0.2) is 21.9 Å². The maximum Gasteiger partial charge on any atom is 0.0656 e. The molecule has 0 aliphatic rings. The number of aliphatic hydroxyl groups excluding tert-OH is 1. The number of nitrogens with zero attached hydrogens (tertiary/aromatic N) is 1. The van der Waals surface area contributed by atoms with Gasteiger partial charge in [0.25, 0.3) is 0 Å². The Kier molecular flexibility index (Phi) is 5.29. The number of rotatable bonds is 5. The Morgan fingerprint density at radius 1 is 1.25 bits per heavy atom. The zero-order chi connectivity index (χ0) is 12.1. The fourth-order valence-corrected chi connectivity index (χ4v) is 2.31. The zero-order valence-corrected chi connectivity index (χ0v) is 11.3. The highest BCUT2D eigenvalue weighted by Crippen LogP contribution is 2.23. The molecule has 0 radical (unpaired) electrons. The van der Waals surface area contributed by atoms with Crippen molar-refractivity contribution in [3.05, 3.63) is 24.0 Å². The number of aliphatic hydroxyl groups is 1. The van der Waals surface area contributed by atoms with Crippen molar-refractivity contribution in [1.29, 1.82) is 0 Å². The van der Waals surface area contributed by atoms with Gasteiger partial charge in [0.2, 0.25) is 0 Å². The SMILES string of the molecule is CC(C)c1cncc(SCC(O)C(C)C)c1. The van der Waals surface area contributed by atoms with Crippen molar-refractivity contribution in [2.45, 2.75) is 44.6 Å². The van der Waals surface area contributed by atoms with Crippen LogP contribution in [0.25, 0.3) is 0 Å². The molecule has 2 nitrogen and oxygen atoms in total. The van der Waals surface area contributed by atoms with E-state index in [0.29, 0.717) is 11.8 Å². The van der Waals surface area contributed by atoms with Gasteiger partial charge in [-0.15, -0.1) is 11.8 Å². The first-order chi connectivity index (χ1) is 7.50. The molecule has 1 N–H and O–H groups in total. The van der Waals surface area contributed by atoms with Crippen molar-refractivity contribution in [3.63, 3.8) is 0 Å². The van der Waals surface area contributed by atoms with Gasteiger partial charge in [0.1, 0.15) is 0 Å². The highest BCUT2D eigenvalue weighted by atomic mass is 32.2. The van der Waals surface area contributed by atoms with E-state index >= 15 is 0 Å². The molecule has 0 fully saturated rings. The minimum atomic E-state index is -0.243. The number of hydrogen-bond acceptors (Lipinski definition) is 3. The average Bonchev–Trinajstić information content (AvgIpc) is 2.26. The molecule has 16 heavy (non-hydrogen) atoms. The van der Waals surface area contributed by atoms with Crippen molar-refractivity contribution in [2.24, 2.45) is 5.92 Å². The average molecular weight is 239 g/mol. The van der Waals surface area contributed by atoms with Crippen LogP contribution < -0.4 is 0 Å². The molecule has 0 aliphatic heterocycles. The number of thioether (sulfide) groups is 1. The van der Waals surface area contributed by atoms with Gasteiger partial charge in [-0.25, -0.2) is 0 Å². The van der Waals surface area contributed by atoms with Crippen LogP contribution in [0.5, 0.6) is 0 Å². The van der Waals surface area contributed by atoms with Gasteiger partial charge < -0.3 is 5.11 Å². The van der Waals surface area contributed by atoms with Crippen molar-refractivity contribution in [3.8, 4) is 0 Å². The molecule has 1 heterocycles. The summed E-state index contributed by atoms with van der Waals surface area (Å²) in [6, 6.07) is 2.16. The zero-order valence-electron chi connectivity index (χ0n) is 10.5. The van der Waals surface area contributed by atoms with Crippen LogP contribution in [0.1, 0.15) is 39.2 Å². The quantitative estimate of drug-likeness (QED) is 0.800. The Morgan fingerprint density at radius 3 is 2.50 bits per heavy atom. The minimum Gasteiger partial charge on any atom is -0.392 e. The molecule has 0 saturated heterocycles. The Hall–Kier alpha value is -0.540. The van der Waals surface area contributed by atoms with E-state index in [1.807, 2.05) is 26.2 Å². The van der Waals surface area contributed by atoms with Crippen molar-refractivity contribution >= 4 is 11.8 Å². The van der Waals surface area contributed by atoms with Crippen LogP contribution >= 0.6 is 11.8 Å². The highest BCUT2D eigenvalue weighted by Gasteiger charge is 2.10. The number of hydrogen-bond donors (Lipinski definition) is 1. The molecule has 0 aromatic carbocycles. The molecule has 0 spiro atoms. The molecular formula is C13H21NOS. The lowest BCUT2D eigenvalue weighted by atomic mass is 10.1. The summed E-state index contributed by atoms with van der Waals surface area (Å²) < 4.78 is 0. The molecular weight excluding hydrogens is 218 g/mol. The predicted molar refractivity (Wildman–Crippen MR) is 69.9 cm³/mol. The van der Waals surface area contributed by atoms with Crippen LogP contribution in [0.2, 0.25) is 0 Å². The second-order valence-electron chi connectivity index (χ2n) is 4.73. The molecule has 1 unspecified atom stereocenters. The second kappa shape index (κ2) is 6.26. The normalized spacial score (nSPS) is 13.4. The monoisotopic (exact) mass is 239 g/mol. The lowest BCUT2D eigenvalue weighted by Crippen LogP contribution is -2.17. The van der Waals surface area contributed by atoms with E-state index < -0.39 is 0 Å². The molecule has 1 aromatic heterocycles. The smallest absolute Gasteiger partial charge is 0.0656 e. The first-order valence-electron chi connectivity index (χ1n) is 5.76. The lowest BCUT2D eigenvalue weighted by Gasteiger charge is -2.14. The van der Waals surface area contributed by atoms with E-state index in [-0.39, 0.29) is 6.10 Å². The van der Waals surface area contributed by atoms with Gasteiger partial charge >= 0.3 is 0 Å². The van der Waals surface area contributed by atoms with Crippen LogP contribution in [-0.2, 0) is 0 Å². The summed E-state index contributed by atoms with van der Waals surface area (Å²) in [4.78, 5) is 5.37. The molecule has 0 amide bonds. The van der Waals surface area contributed by atoms with Gasteiger partial charge in [0, 0.05) is 23.0 Å². The van der Waals surface area contributed by atoms with Crippen molar-refractivity contribution in [1.82, 2.24) is 4.98 Å². The fraction of sp³-hybridized carbons (Fsp3) is 0.615. The molecule has 1 rings (SSSR count). The molecule has 1 aromatic rings. The van der Waals surface area contributed by atoms with E-state index in [9.17, 15) is 5.11 Å². The first kappa shape index (κ1) is 13.5. The van der Waals surface area contributed by atoms with Gasteiger partial charge in [0.05, 0.1) is 6.10 Å². The van der Waals surface area contributed by atoms with Crippen molar-refractivity contribution in [2.75, 3.05) is 5.75 Å². The van der Waals surface area contributed by atoms with E-state index in [4.69, 9.17) is 0 Å². The molecule has 0 bridgehead atoms. The fourth-order valence-electron chi connectivity index (χ4n) is 1.20. The second-order valence-corrected chi connectivity index (χ2v) is 5.82. The van der Waals surface area contributed by atoms with E-state index in [2.05, 4.69) is 24.9 Å².